The fraction of sp³-hybridized carbons (Fsp3) is 0.167. The maximum Gasteiger partial charge on any atom is 0.264 e. The lowest BCUT2D eigenvalue weighted by molar-refractivity contribution is 0.600. The number of hydrogen-bond acceptors (Lipinski definition) is 6. The van der Waals surface area contributed by atoms with Crippen molar-refractivity contribution in [2.24, 2.45) is 5.84 Å². The smallest absolute Gasteiger partial charge is 0.264 e. The Balaban J connectivity index is 2.20. The summed E-state index contributed by atoms with van der Waals surface area (Å²) in [5.74, 6) is 5.27. The number of hydrogen-bond donors (Lipinski definition) is 3. The molecule has 0 radical (unpaired) electrons. The van der Waals surface area contributed by atoms with E-state index in [1.165, 1.54) is 12.4 Å². The van der Waals surface area contributed by atoms with E-state index in [4.69, 9.17) is 5.84 Å². The van der Waals surface area contributed by atoms with E-state index in [1.54, 1.807) is 12.1 Å². The van der Waals surface area contributed by atoms with E-state index in [9.17, 15) is 8.42 Å². The van der Waals surface area contributed by atoms with Crippen LogP contribution in [0.4, 0.5) is 11.6 Å². The van der Waals surface area contributed by atoms with Gasteiger partial charge in [0.15, 0.2) is 0 Å². The lowest BCUT2D eigenvalue weighted by atomic mass is 10.2. The molecule has 0 aliphatic carbocycles. The highest BCUT2D eigenvalue weighted by Gasteiger charge is 2.15. The molecule has 4 N–H and O–H groups in total. The molecule has 0 fully saturated rings. The summed E-state index contributed by atoms with van der Waals surface area (Å²) in [5.41, 5.74) is 3.85. The third-order valence-corrected chi connectivity index (χ3v) is 4.02. The van der Waals surface area contributed by atoms with Crippen molar-refractivity contribution in [2.75, 3.05) is 10.1 Å². The van der Waals surface area contributed by atoms with Crippen molar-refractivity contribution >= 4 is 21.7 Å². The Bertz CT molecular complexity index is 668. The van der Waals surface area contributed by atoms with E-state index in [0.29, 0.717) is 5.69 Å². The van der Waals surface area contributed by atoms with Crippen LogP contribution >= 0.6 is 0 Å². The Hall–Kier alpha value is -2.19. The third kappa shape index (κ3) is 3.22. The van der Waals surface area contributed by atoms with Crippen LogP contribution < -0.4 is 16.0 Å². The number of nitrogen functional groups attached to an aromatic ring is 1. The van der Waals surface area contributed by atoms with E-state index >= 15 is 0 Å². The lowest BCUT2D eigenvalue weighted by Crippen LogP contribution is -2.15. The molecular weight excluding hydrogens is 278 g/mol. The summed E-state index contributed by atoms with van der Waals surface area (Å²) in [6.07, 6.45) is 3.27. The van der Waals surface area contributed by atoms with Crippen molar-refractivity contribution in [1.82, 2.24) is 9.97 Å². The van der Waals surface area contributed by atoms with Crippen LogP contribution in [0.2, 0.25) is 0 Å². The van der Waals surface area contributed by atoms with Gasteiger partial charge in [-0.05, 0) is 24.1 Å². The molecule has 0 saturated heterocycles. The van der Waals surface area contributed by atoms with Gasteiger partial charge in [-0.25, -0.2) is 24.2 Å². The van der Waals surface area contributed by atoms with Gasteiger partial charge in [0.25, 0.3) is 10.0 Å². The molecular formula is C12H15N5O2S. The Morgan fingerprint density at radius 1 is 1.15 bits per heavy atom. The molecule has 106 valence electrons. The number of sulfonamides is 1. The number of nitrogens with one attached hydrogen (secondary N) is 2. The number of rotatable bonds is 5. The number of anilines is 2. The summed E-state index contributed by atoms with van der Waals surface area (Å²) in [7, 11) is -3.70. The van der Waals surface area contributed by atoms with Crippen LogP contribution in [0.3, 0.4) is 0 Å². The number of hydrazine groups is 1. The minimum Gasteiger partial charge on any atom is -0.292 e. The predicted octanol–water partition coefficient (Wildman–Crippen LogP) is 1.13. The first-order valence-corrected chi connectivity index (χ1v) is 7.44. The van der Waals surface area contributed by atoms with Crippen LogP contribution in [0, 0.1) is 0 Å². The van der Waals surface area contributed by atoms with E-state index in [-0.39, 0.29) is 10.8 Å². The third-order valence-electron chi connectivity index (χ3n) is 2.68. The number of nitrogens with two attached hydrogens (primary N) is 1. The lowest BCUT2D eigenvalue weighted by Gasteiger charge is -2.08. The molecule has 0 atom stereocenters. The molecule has 0 saturated carbocycles. The molecule has 0 aliphatic heterocycles. The van der Waals surface area contributed by atoms with Crippen LogP contribution in [0.25, 0.3) is 0 Å². The molecule has 1 aromatic heterocycles. The van der Waals surface area contributed by atoms with Crippen molar-refractivity contribution in [2.45, 2.75) is 18.2 Å². The van der Waals surface area contributed by atoms with Gasteiger partial charge in [-0.1, -0.05) is 19.1 Å². The van der Waals surface area contributed by atoms with Gasteiger partial charge >= 0.3 is 0 Å². The first-order chi connectivity index (χ1) is 9.55. The molecule has 0 unspecified atom stereocenters. The molecule has 20 heavy (non-hydrogen) atoms. The van der Waals surface area contributed by atoms with Gasteiger partial charge in [0.05, 0.1) is 12.4 Å². The molecule has 1 heterocycles. The Morgan fingerprint density at radius 2 is 1.75 bits per heavy atom. The average Bonchev–Trinajstić information content (AvgIpc) is 2.48. The van der Waals surface area contributed by atoms with Gasteiger partial charge in [0, 0.05) is 5.69 Å². The average molecular weight is 293 g/mol. The molecule has 0 spiro atoms. The van der Waals surface area contributed by atoms with E-state index in [0.717, 1.165) is 12.0 Å². The summed E-state index contributed by atoms with van der Waals surface area (Å²) in [5, 5.41) is 0. The standard InChI is InChI=1S/C12H15N5O2S/c1-2-9-3-5-10(6-4-9)17-20(18,19)11-7-14-12(16-13)15-8-11/h3-8,17H,2,13H2,1H3,(H,14,15,16). The SMILES string of the molecule is CCc1ccc(NS(=O)(=O)c2cnc(NN)nc2)cc1. The molecule has 7 nitrogen and oxygen atoms in total. The number of nitrogens with zero attached hydrogens (tertiary/aromatic N) is 2. The quantitative estimate of drug-likeness (QED) is 0.563. The van der Waals surface area contributed by atoms with Gasteiger partial charge in [-0.3, -0.25) is 10.1 Å². The highest BCUT2D eigenvalue weighted by molar-refractivity contribution is 7.92. The zero-order chi connectivity index (χ0) is 14.6. The van der Waals surface area contributed by atoms with Crippen LogP contribution in [-0.2, 0) is 16.4 Å². The van der Waals surface area contributed by atoms with E-state index in [2.05, 4.69) is 20.1 Å². The monoisotopic (exact) mass is 293 g/mol. The Morgan fingerprint density at radius 3 is 2.25 bits per heavy atom. The summed E-state index contributed by atoms with van der Waals surface area (Å²) in [4.78, 5) is 7.50. The summed E-state index contributed by atoms with van der Waals surface area (Å²) in [6.45, 7) is 2.03. The van der Waals surface area contributed by atoms with Gasteiger partial charge in [-0.15, -0.1) is 0 Å². The molecule has 2 rings (SSSR count). The van der Waals surface area contributed by atoms with Crippen molar-refractivity contribution in [3.63, 3.8) is 0 Å². The zero-order valence-corrected chi connectivity index (χ0v) is 11.7. The number of aromatic nitrogens is 2. The minimum atomic E-state index is -3.70. The number of aryl methyl sites for hydroxylation is 1. The van der Waals surface area contributed by atoms with Crippen LogP contribution in [0.5, 0.6) is 0 Å². The maximum atomic E-state index is 12.1. The van der Waals surface area contributed by atoms with Crippen LogP contribution in [0.15, 0.2) is 41.6 Å². The summed E-state index contributed by atoms with van der Waals surface area (Å²) < 4.78 is 26.7. The Labute approximate surface area is 117 Å². The van der Waals surface area contributed by atoms with Gasteiger partial charge in [0.2, 0.25) is 5.95 Å². The fourth-order valence-electron chi connectivity index (χ4n) is 1.55. The highest BCUT2D eigenvalue weighted by atomic mass is 32.2. The second-order valence-corrected chi connectivity index (χ2v) is 5.73. The van der Waals surface area contributed by atoms with Crippen molar-refractivity contribution < 1.29 is 8.42 Å². The second kappa shape index (κ2) is 5.85. The maximum absolute atomic E-state index is 12.1. The van der Waals surface area contributed by atoms with Gasteiger partial charge in [0.1, 0.15) is 4.90 Å². The normalized spacial score (nSPS) is 11.1. The highest BCUT2D eigenvalue weighted by Crippen LogP contribution is 2.16. The first-order valence-electron chi connectivity index (χ1n) is 5.95. The molecule has 0 amide bonds. The van der Waals surface area contributed by atoms with Crippen LogP contribution in [-0.4, -0.2) is 18.4 Å². The molecule has 2 aromatic rings. The van der Waals surface area contributed by atoms with Crippen LogP contribution in [0.1, 0.15) is 12.5 Å². The minimum absolute atomic E-state index is 0.0314. The van der Waals surface area contributed by atoms with E-state index < -0.39 is 10.0 Å². The number of benzene rings is 1. The van der Waals surface area contributed by atoms with Gasteiger partial charge < -0.3 is 0 Å². The summed E-state index contributed by atoms with van der Waals surface area (Å²) in [6, 6.07) is 7.17. The summed E-state index contributed by atoms with van der Waals surface area (Å²) >= 11 is 0. The van der Waals surface area contributed by atoms with Crippen molar-refractivity contribution in [3.05, 3.63) is 42.2 Å². The van der Waals surface area contributed by atoms with Crippen molar-refractivity contribution in [1.29, 1.82) is 0 Å². The van der Waals surface area contributed by atoms with Gasteiger partial charge in [-0.2, -0.15) is 0 Å². The Kier molecular flexibility index (Phi) is 4.16. The largest absolute Gasteiger partial charge is 0.292 e. The predicted molar refractivity (Wildman–Crippen MR) is 76.5 cm³/mol. The van der Waals surface area contributed by atoms with E-state index in [1.807, 2.05) is 19.1 Å². The fourth-order valence-corrected chi connectivity index (χ4v) is 2.50. The zero-order valence-electron chi connectivity index (χ0n) is 10.9. The first kappa shape index (κ1) is 14.2. The van der Waals surface area contributed by atoms with Crippen molar-refractivity contribution in [3.8, 4) is 0 Å². The molecule has 1 aromatic carbocycles. The molecule has 8 heteroatoms. The molecule has 0 bridgehead atoms. The second-order valence-electron chi connectivity index (χ2n) is 4.04. The molecule has 0 aliphatic rings. The topological polar surface area (TPSA) is 110 Å².